The lowest BCUT2D eigenvalue weighted by molar-refractivity contribution is -0.0662. The van der Waals surface area contributed by atoms with Crippen molar-refractivity contribution in [3.63, 3.8) is 0 Å². The van der Waals surface area contributed by atoms with E-state index in [4.69, 9.17) is 42.4 Å². The third kappa shape index (κ3) is 20.0. The molecule has 45 heavy (non-hydrogen) atoms. The SMILES string of the molecule is CCCCCCCCCCc1ccc(OCC2COCCOCCOCCOCCOCCOCCO2)c(P(=O)(O)OCC)c1. The molecule has 1 aromatic rings. The Bertz CT molecular complexity index is 866. The molecule has 1 N–H and O–H groups in total. The minimum absolute atomic E-state index is 0.113. The molecule has 2 rings (SSSR count). The van der Waals surface area contributed by atoms with Crippen LogP contribution in [-0.2, 0) is 48.7 Å². The first-order valence-corrected chi connectivity index (χ1v) is 18.5. The van der Waals surface area contributed by atoms with Crippen molar-refractivity contribution >= 4 is 12.9 Å². The molecular weight excluding hydrogens is 603 g/mol. The zero-order chi connectivity index (χ0) is 32.3. The summed E-state index contributed by atoms with van der Waals surface area (Å²) in [6.07, 6.45) is 10.2. The molecule has 0 spiro atoms. The molecule has 2 atom stereocenters. The highest BCUT2D eigenvalue weighted by atomic mass is 31.2. The second-order valence-corrected chi connectivity index (χ2v) is 12.7. The summed E-state index contributed by atoms with van der Waals surface area (Å²) in [5, 5.41) is 0.175. The van der Waals surface area contributed by atoms with Crippen LogP contribution in [0.4, 0.5) is 0 Å². The van der Waals surface area contributed by atoms with E-state index in [0.29, 0.717) is 85.0 Å². The molecule has 1 aliphatic rings. The van der Waals surface area contributed by atoms with Gasteiger partial charge >= 0.3 is 7.60 Å². The van der Waals surface area contributed by atoms with E-state index in [-0.39, 0.29) is 25.1 Å². The topological polar surface area (TPSA) is 120 Å². The summed E-state index contributed by atoms with van der Waals surface area (Å²) >= 11 is 0. The predicted octanol–water partition coefficient (Wildman–Crippen LogP) is 5.09. The van der Waals surface area contributed by atoms with Gasteiger partial charge in [0.1, 0.15) is 23.8 Å². The number of aryl methyl sites for hydroxylation is 1. The van der Waals surface area contributed by atoms with Crippen molar-refractivity contribution in [1.82, 2.24) is 0 Å². The molecule has 1 saturated heterocycles. The largest absolute Gasteiger partial charge is 0.490 e. The highest BCUT2D eigenvalue weighted by Gasteiger charge is 2.28. The third-order valence-corrected chi connectivity index (χ3v) is 8.69. The second kappa shape index (κ2) is 26.9. The lowest BCUT2D eigenvalue weighted by atomic mass is 10.0. The Morgan fingerprint density at radius 2 is 1.22 bits per heavy atom. The van der Waals surface area contributed by atoms with E-state index in [9.17, 15) is 9.46 Å². The third-order valence-electron chi connectivity index (χ3n) is 7.12. The van der Waals surface area contributed by atoms with Crippen molar-refractivity contribution in [2.24, 2.45) is 0 Å². The Balaban J connectivity index is 1.93. The molecule has 262 valence electrons. The second-order valence-electron chi connectivity index (χ2n) is 10.9. The summed E-state index contributed by atoms with van der Waals surface area (Å²) in [5.74, 6) is 0.306. The number of benzene rings is 1. The van der Waals surface area contributed by atoms with Crippen LogP contribution in [0.3, 0.4) is 0 Å². The van der Waals surface area contributed by atoms with Gasteiger partial charge < -0.3 is 47.3 Å². The molecule has 0 bridgehead atoms. The van der Waals surface area contributed by atoms with Gasteiger partial charge in [-0.05, 0) is 37.5 Å². The maximum absolute atomic E-state index is 13.2. The smallest absolute Gasteiger partial charge is 0.362 e. The van der Waals surface area contributed by atoms with Crippen molar-refractivity contribution < 1.29 is 51.9 Å². The van der Waals surface area contributed by atoms with Crippen LogP contribution >= 0.6 is 7.60 Å². The highest BCUT2D eigenvalue weighted by Crippen LogP contribution is 2.44. The van der Waals surface area contributed by atoms with Crippen LogP contribution in [-0.4, -0.2) is 110 Å². The van der Waals surface area contributed by atoms with Gasteiger partial charge in [-0.25, -0.2) is 0 Å². The molecular formula is C33H59O11P. The van der Waals surface area contributed by atoms with Crippen molar-refractivity contribution in [2.45, 2.75) is 77.7 Å². The van der Waals surface area contributed by atoms with E-state index in [1.165, 1.54) is 38.5 Å². The van der Waals surface area contributed by atoms with Crippen molar-refractivity contribution in [3.05, 3.63) is 23.8 Å². The Kier molecular flexibility index (Phi) is 24.0. The molecule has 2 unspecified atom stereocenters. The molecule has 1 aromatic carbocycles. The Morgan fingerprint density at radius 3 is 1.78 bits per heavy atom. The summed E-state index contributed by atoms with van der Waals surface area (Å²) < 4.78 is 64.0. The van der Waals surface area contributed by atoms with Gasteiger partial charge in [-0.2, -0.15) is 0 Å². The minimum atomic E-state index is -4.07. The minimum Gasteiger partial charge on any atom is -0.490 e. The van der Waals surface area contributed by atoms with Gasteiger partial charge in [0.2, 0.25) is 0 Å². The lowest BCUT2D eigenvalue weighted by Gasteiger charge is -2.21. The van der Waals surface area contributed by atoms with E-state index in [1.54, 1.807) is 19.1 Å². The van der Waals surface area contributed by atoms with Gasteiger partial charge in [0.05, 0.1) is 92.5 Å². The summed E-state index contributed by atoms with van der Waals surface area (Å²) in [6, 6.07) is 5.47. The first kappa shape index (κ1) is 40.1. The van der Waals surface area contributed by atoms with Crippen LogP contribution in [0.2, 0.25) is 0 Å². The summed E-state index contributed by atoms with van der Waals surface area (Å²) in [4.78, 5) is 10.8. The average molecular weight is 663 g/mol. The quantitative estimate of drug-likeness (QED) is 0.200. The molecule has 1 fully saturated rings. The molecule has 1 heterocycles. The zero-order valence-corrected chi connectivity index (χ0v) is 28.7. The number of hydrogen-bond donors (Lipinski definition) is 1. The van der Waals surface area contributed by atoms with Gasteiger partial charge in [0.15, 0.2) is 0 Å². The van der Waals surface area contributed by atoms with Crippen molar-refractivity contribution in [3.8, 4) is 5.75 Å². The number of hydrogen-bond acceptors (Lipinski definition) is 10. The van der Waals surface area contributed by atoms with Crippen molar-refractivity contribution in [2.75, 3.05) is 99.1 Å². The fraction of sp³-hybridized carbons (Fsp3) is 0.818. The number of ether oxygens (including phenoxy) is 8. The van der Waals surface area contributed by atoms with Gasteiger partial charge in [-0.15, -0.1) is 0 Å². The van der Waals surface area contributed by atoms with Crippen molar-refractivity contribution in [1.29, 1.82) is 0 Å². The van der Waals surface area contributed by atoms with Crippen LogP contribution in [0.5, 0.6) is 5.75 Å². The normalized spacial score (nSPS) is 20.6. The van der Waals surface area contributed by atoms with E-state index < -0.39 is 13.7 Å². The maximum Gasteiger partial charge on any atom is 0.362 e. The summed E-state index contributed by atoms with van der Waals surface area (Å²) in [6.45, 7) is 9.79. The van der Waals surface area contributed by atoms with E-state index >= 15 is 0 Å². The van der Waals surface area contributed by atoms with E-state index in [2.05, 4.69) is 6.92 Å². The molecule has 0 saturated carbocycles. The fourth-order valence-corrected chi connectivity index (χ4v) is 5.92. The molecule has 0 aromatic heterocycles. The lowest BCUT2D eigenvalue weighted by Crippen LogP contribution is -2.30. The van der Waals surface area contributed by atoms with E-state index in [1.807, 2.05) is 6.07 Å². The molecule has 11 nitrogen and oxygen atoms in total. The Hall–Kier alpha value is -1.11. The van der Waals surface area contributed by atoms with Crippen LogP contribution < -0.4 is 10.0 Å². The van der Waals surface area contributed by atoms with Gasteiger partial charge in [0.25, 0.3) is 0 Å². The molecule has 0 radical (unpaired) electrons. The van der Waals surface area contributed by atoms with E-state index in [0.717, 1.165) is 24.8 Å². The van der Waals surface area contributed by atoms with Gasteiger partial charge in [-0.3, -0.25) is 4.57 Å². The Labute approximate surface area is 271 Å². The number of unbranched alkanes of at least 4 members (excludes halogenated alkanes) is 7. The van der Waals surface area contributed by atoms with Gasteiger partial charge in [-0.1, -0.05) is 57.9 Å². The molecule has 0 amide bonds. The van der Waals surface area contributed by atoms with Crippen LogP contribution in [0.15, 0.2) is 18.2 Å². The summed E-state index contributed by atoms with van der Waals surface area (Å²) in [5.41, 5.74) is 0.995. The zero-order valence-electron chi connectivity index (χ0n) is 27.8. The maximum atomic E-state index is 13.2. The predicted molar refractivity (Wildman–Crippen MR) is 174 cm³/mol. The number of rotatable bonds is 15. The first-order valence-electron chi connectivity index (χ1n) is 16.9. The molecule has 12 heteroatoms. The van der Waals surface area contributed by atoms with Gasteiger partial charge in [0, 0.05) is 0 Å². The fourth-order valence-electron chi connectivity index (χ4n) is 4.68. The van der Waals surface area contributed by atoms with Crippen LogP contribution in [0.25, 0.3) is 0 Å². The standard InChI is InChI=1S/C33H59O11P/c1-3-5-6-7-8-9-10-11-12-30-13-14-32(33(27-30)45(34,35)44-4-2)43-29-31-28-41-24-23-39-20-19-37-16-15-36-17-18-38-21-22-40-25-26-42-31/h13-14,27,31H,3-12,15-26,28-29H2,1-2H3,(H,34,35). The van der Waals surface area contributed by atoms with Crippen LogP contribution in [0, 0.1) is 0 Å². The summed E-state index contributed by atoms with van der Waals surface area (Å²) in [7, 11) is -4.07. The average Bonchev–Trinajstić information content (AvgIpc) is 3.03. The molecule has 1 aliphatic heterocycles. The Morgan fingerprint density at radius 1 is 0.711 bits per heavy atom. The first-order chi connectivity index (χ1) is 22.1. The van der Waals surface area contributed by atoms with Crippen LogP contribution in [0.1, 0.15) is 70.8 Å². The monoisotopic (exact) mass is 662 g/mol. The highest BCUT2D eigenvalue weighted by molar-refractivity contribution is 7.61. The molecule has 0 aliphatic carbocycles.